The lowest BCUT2D eigenvalue weighted by atomic mass is 10.1. The topological polar surface area (TPSA) is 85.8 Å². The maximum atomic E-state index is 12.2. The summed E-state index contributed by atoms with van der Waals surface area (Å²) in [5.74, 6) is 0.422. The molecule has 0 fully saturated rings. The SMILES string of the molecule is CC(C)c1cc(C(=O)NCc2ccnn2C)cc(N)n1. The van der Waals surface area contributed by atoms with Crippen molar-refractivity contribution in [1.29, 1.82) is 0 Å². The maximum Gasteiger partial charge on any atom is 0.251 e. The number of carbonyl (C=O) groups is 1. The largest absolute Gasteiger partial charge is 0.384 e. The summed E-state index contributed by atoms with van der Waals surface area (Å²) in [7, 11) is 1.84. The lowest BCUT2D eigenvalue weighted by Gasteiger charge is -2.10. The zero-order chi connectivity index (χ0) is 14.7. The normalized spacial score (nSPS) is 10.8. The molecule has 0 aliphatic heterocycles. The van der Waals surface area contributed by atoms with Crippen LogP contribution in [0.3, 0.4) is 0 Å². The molecular formula is C14H19N5O. The molecule has 0 atom stereocenters. The van der Waals surface area contributed by atoms with Gasteiger partial charge in [0.25, 0.3) is 5.91 Å². The fourth-order valence-corrected chi connectivity index (χ4v) is 1.85. The molecule has 106 valence electrons. The van der Waals surface area contributed by atoms with Crippen molar-refractivity contribution < 1.29 is 4.79 Å². The van der Waals surface area contributed by atoms with E-state index < -0.39 is 0 Å². The third kappa shape index (κ3) is 3.14. The summed E-state index contributed by atoms with van der Waals surface area (Å²) in [4.78, 5) is 16.4. The maximum absolute atomic E-state index is 12.2. The molecule has 0 aromatic carbocycles. The number of nitrogen functional groups attached to an aromatic ring is 1. The van der Waals surface area contributed by atoms with Gasteiger partial charge in [0, 0.05) is 24.5 Å². The van der Waals surface area contributed by atoms with E-state index in [1.165, 1.54) is 0 Å². The first-order valence-electron chi connectivity index (χ1n) is 6.50. The Morgan fingerprint density at radius 3 is 2.80 bits per heavy atom. The van der Waals surface area contributed by atoms with Crippen LogP contribution in [0.25, 0.3) is 0 Å². The van der Waals surface area contributed by atoms with Crippen molar-refractivity contribution in [2.75, 3.05) is 5.73 Å². The molecule has 0 bridgehead atoms. The van der Waals surface area contributed by atoms with Crippen LogP contribution in [0.1, 0.15) is 41.5 Å². The van der Waals surface area contributed by atoms with Crippen LogP contribution < -0.4 is 11.1 Å². The fourth-order valence-electron chi connectivity index (χ4n) is 1.85. The van der Waals surface area contributed by atoms with E-state index in [9.17, 15) is 4.79 Å². The first-order valence-corrected chi connectivity index (χ1v) is 6.50. The molecule has 6 nitrogen and oxygen atoms in total. The van der Waals surface area contributed by atoms with Crippen molar-refractivity contribution in [3.8, 4) is 0 Å². The summed E-state index contributed by atoms with van der Waals surface area (Å²) in [5, 5.41) is 6.91. The predicted molar refractivity (Wildman–Crippen MR) is 77.1 cm³/mol. The number of aryl methyl sites for hydroxylation is 1. The van der Waals surface area contributed by atoms with Crippen LogP contribution in [0.4, 0.5) is 5.82 Å². The number of pyridine rings is 1. The Hall–Kier alpha value is -2.37. The molecule has 0 saturated carbocycles. The van der Waals surface area contributed by atoms with Crippen LogP contribution in [-0.4, -0.2) is 20.7 Å². The Balaban J connectivity index is 2.11. The molecule has 20 heavy (non-hydrogen) atoms. The quantitative estimate of drug-likeness (QED) is 0.882. The highest BCUT2D eigenvalue weighted by Crippen LogP contribution is 2.16. The summed E-state index contributed by atoms with van der Waals surface area (Å²) >= 11 is 0. The van der Waals surface area contributed by atoms with Gasteiger partial charge in [-0.2, -0.15) is 5.10 Å². The number of hydrogen-bond donors (Lipinski definition) is 2. The molecule has 6 heteroatoms. The average Bonchev–Trinajstić information content (AvgIpc) is 2.80. The Morgan fingerprint density at radius 2 is 2.20 bits per heavy atom. The van der Waals surface area contributed by atoms with Crippen LogP contribution in [0, 0.1) is 0 Å². The van der Waals surface area contributed by atoms with Crippen molar-refractivity contribution in [2.24, 2.45) is 7.05 Å². The van der Waals surface area contributed by atoms with Gasteiger partial charge in [-0.05, 0) is 24.1 Å². The summed E-state index contributed by atoms with van der Waals surface area (Å²) in [6, 6.07) is 5.23. The van der Waals surface area contributed by atoms with Gasteiger partial charge < -0.3 is 11.1 Å². The number of nitrogens with two attached hydrogens (primary N) is 1. The van der Waals surface area contributed by atoms with Crippen molar-refractivity contribution in [3.63, 3.8) is 0 Å². The summed E-state index contributed by atoms with van der Waals surface area (Å²) in [5.41, 5.74) is 8.03. The molecule has 2 aromatic rings. The number of carbonyl (C=O) groups excluding carboxylic acids is 1. The smallest absolute Gasteiger partial charge is 0.251 e. The minimum atomic E-state index is -0.165. The second-order valence-corrected chi connectivity index (χ2v) is 4.99. The van der Waals surface area contributed by atoms with Crippen LogP contribution in [0.2, 0.25) is 0 Å². The van der Waals surface area contributed by atoms with Crippen molar-refractivity contribution in [2.45, 2.75) is 26.3 Å². The van der Waals surface area contributed by atoms with Gasteiger partial charge in [-0.3, -0.25) is 9.48 Å². The summed E-state index contributed by atoms with van der Waals surface area (Å²) in [6.45, 7) is 4.45. The van der Waals surface area contributed by atoms with Crippen LogP contribution in [0.5, 0.6) is 0 Å². The minimum absolute atomic E-state index is 0.165. The molecule has 0 unspecified atom stereocenters. The lowest BCUT2D eigenvalue weighted by Crippen LogP contribution is -2.24. The third-order valence-corrected chi connectivity index (χ3v) is 3.07. The monoisotopic (exact) mass is 273 g/mol. The van der Waals surface area contributed by atoms with Gasteiger partial charge >= 0.3 is 0 Å². The number of nitrogens with one attached hydrogen (secondary N) is 1. The Morgan fingerprint density at radius 1 is 1.45 bits per heavy atom. The number of rotatable bonds is 4. The third-order valence-electron chi connectivity index (χ3n) is 3.07. The Labute approximate surface area is 118 Å². The van der Waals surface area contributed by atoms with Gasteiger partial charge in [-0.15, -0.1) is 0 Å². The molecule has 0 aliphatic rings. The van der Waals surface area contributed by atoms with Crippen LogP contribution >= 0.6 is 0 Å². The van der Waals surface area contributed by atoms with Gasteiger partial charge in [0.15, 0.2) is 0 Å². The molecule has 0 radical (unpaired) electrons. The molecule has 2 rings (SSSR count). The molecule has 0 spiro atoms. The first kappa shape index (κ1) is 14.0. The van der Waals surface area contributed by atoms with E-state index in [-0.39, 0.29) is 11.8 Å². The van der Waals surface area contributed by atoms with E-state index in [1.54, 1.807) is 23.0 Å². The zero-order valence-corrected chi connectivity index (χ0v) is 11.9. The van der Waals surface area contributed by atoms with E-state index in [0.717, 1.165) is 11.4 Å². The van der Waals surface area contributed by atoms with Gasteiger partial charge in [-0.25, -0.2) is 4.98 Å². The Kier molecular flexibility index (Phi) is 4.02. The summed E-state index contributed by atoms with van der Waals surface area (Å²) in [6.07, 6.45) is 1.70. The van der Waals surface area contributed by atoms with E-state index in [1.807, 2.05) is 27.0 Å². The summed E-state index contributed by atoms with van der Waals surface area (Å²) < 4.78 is 1.72. The highest BCUT2D eigenvalue weighted by atomic mass is 16.1. The first-order chi connectivity index (χ1) is 9.47. The number of amides is 1. The number of hydrogen-bond acceptors (Lipinski definition) is 4. The van der Waals surface area contributed by atoms with E-state index in [2.05, 4.69) is 15.4 Å². The van der Waals surface area contributed by atoms with E-state index in [4.69, 9.17) is 5.73 Å². The number of aromatic nitrogens is 3. The van der Waals surface area contributed by atoms with Gasteiger partial charge in [-0.1, -0.05) is 13.8 Å². The highest BCUT2D eigenvalue weighted by Gasteiger charge is 2.11. The molecule has 2 heterocycles. The van der Waals surface area contributed by atoms with Gasteiger partial charge in [0.05, 0.1) is 12.2 Å². The molecular weight excluding hydrogens is 254 g/mol. The second kappa shape index (κ2) is 5.73. The lowest BCUT2D eigenvalue weighted by molar-refractivity contribution is 0.0950. The number of nitrogens with zero attached hydrogens (tertiary/aromatic N) is 3. The average molecular weight is 273 g/mol. The molecule has 1 amide bonds. The van der Waals surface area contributed by atoms with E-state index >= 15 is 0 Å². The number of anilines is 1. The molecule has 0 aliphatic carbocycles. The Bertz CT molecular complexity index is 618. The van der Waals surface area contributed by atoms with Crippen molar-refractivity contribution in [1.82, 2.24) is 20.1 Å². The molecule has 3 N–H and O–H groups in total. The molecule has 0 saturated heterocycles. The van der Waals surface area contributed by atoms with Gasteiger partial charge in [0.2, 0.25) is 0 Å². The van der Waals surface area contributed by atoms with Crippen LogP contribution in [0.15, 0.2) is 24.4 Å². The second-order valence-electron chi connectivity index (χ2n) is 4.99. The zero-order valence-electron chi connectivity index (χ0n) is 11.9. The van der Waals surface area contributed by atoms with Crippen LogP contribution in [-0.2, 0) is 13.6 Å². The highest BCUT2D eigenvalue weighted by molar-refractivity contribution is 5.94. The van der Waals surface area contributed by atoms with E-state index in [0.29, 0.717) is 17.9 Å². The van der Waals surface area contributed by atoms with Gasteiger partial charge in [0.1, 0.15) is 5.82 Å². The predicted octanol–water partition coefficient (Wildman–Crippen LogP) is 1.45. The molecule has 2 aromatic heterocycles. The minimum Gasteiger partial charge on any atom is -0.384 e. The standard InChI is InChI=1S/C14H19N5O/c1-9(2)12-6-10(7-13(15)18-12)14(20)16-8-11-4-5-17-19(11)3/h4-7,9H,8H2,1-3H3,(H2,15,18)(H,16,20). The fraction of sp³-hybridized carbons (Fsp3) is 0.357. The van der Waals surface area contributed by atoms with Crippen molar-refractivity contribution >= 4 is 11.7 Å². The van der Waals surface area contributed by atoms with Crippen molar-refractivity contribution in [3.05, 3.63) is 41.3 Å².